The Morgan fingerprint density at radius 2 is 1.23 bits per heavy atom. The first-order valence-electron chi connectivity index (χ1n) is 11.8. The molecule has 0 fully saturated rings. The Bertz CT molecular complexity index is 1830. The molecule has 0 unspecified atom stereocenters. The van der Waals surface area contributed by atoms with Gasteiger partial charge in [-0.3, -0.25) is 9.55 Å². The van der Waals surface area contributed by atoms with Crippen molar-refractivity contribution in [2.45, 2.75) is 0 Å². The van der Waals surface area contributed by atoms with Crippen LogP contribution in [0, 0.1) is 0 Å². The number of hydrogen-bond donors (Lipinski definition) is 0. The van der Waals surface area contributed by atoms with E-state index in [1.54, 1.807) is 0 Å². The zero-order chi connectivity index (χ0) is 23.2. The summed E-state index contributed by atoms with van der Waals surface area (Å²) in [4.78, 5) is 9.70. The van der Waals surface area contributed by atoms with Gasteiger partial charge in [0.05, 0.1) is 16.6 Å². The van der Waals surface area contributed by atoms with Crippen LogP contribution < -0.4 is 0 Å². The van der Waals surface area contributed by atoms with Crippen LogP contribution in [0.5, 0.6) is 0 Å². The molecular weight excluding hydrogens is 426 g/mol. The van der Waals surface area contributed by atoms with Crippen molar-refractivity contribution < 1.29 is 0 Å². The van der Waals surface area contributed by atoms with Gasteiger partial charge in [-0.2, -0.15) is 0 Å². The third kappa shape index (κ3) is 3.29. The molecule has 0 radical (unpaired) electrons. The van der Waals surface area contributed by atoms with Crippen molar-refractivity contribution in [3.63, 3.8) is 0 Å². The van der Waals surface area contributed by atoms with Gasteiger partial charge in [0.25, 0.3) is 0 Å². The van der Waals surface area contributed by atoms with Gasteiger partial charge in [0.1, 0.15) is 5.82 Å². The fourth-order valence-corrected chi connectivity index (χ4v) is 4.91. The van der Waals surface area contributed by atoms with Gasteiger partial charge in [-0.25, -0.2) is 4.98 Å². The molecule has 7 aromatic rings. The van der Waals surface area contributed by atoms with Crippen molar-refractivity contribution in [1.29, 1.82) is 0 Å². The monoisotopic (exact) mass is 447 g/mol. The van der Waals surface area contributed by atoms with E-state index < -0.39 is 0 Å². The molecule has 3 nitrogen and oxygen atoms in total. The highest BCUT2D eigenvalue weighted by Crippen LogP contribution is 2.32. The minimum Gasteiger partial charge on any atom is -0.292 e. The van der Waals surface area contributed by atoms with Crippen molar-refractivity contribution in [3.8, 4) is 28.2 Å². The van der Waals surface area contributed by atoms with E-state index in [-0.39, 0.29) is 0 Å². The summed E-state index contributed by atoms with van der Waals surface area (Å²) < 4.78 is 2.23. The summed E-state index contributed by atoms with van der Waals surface area (Å²) in [7, 11) is 0. The van der Waals surface area contributed by atoms with Crippen LogP contribution in [-0.4, -0.2) is 14.5 Å². The van der Waals surface area contributed by atoms with Gasteiger partial charge >= 0.3 is 0 Å². The lowest BCUT2D eigenvalue weighted by Gasteiger charge is -2.10. The third-order valence-corrected chi connectivity index (χ3v) is 6.64. The van der Waals surface area contributed by atoms with Crippen molar-refractivity contribution in [2.75, 3.05) is 0 Å². The van der Waals surface area contributed by atoms with E-state index in [2.05, 4.69) is 114 Å². The van der Waals surface area contributed by atoms with Crippen LogP contribution in [0.4, 0.5) is 0 Å². The average Bonchev–Trinajstić information content (AvgIpc) is 3.33. The molecule has 0 aliphatic carbocycles. The molecule has 0 saturated heterocycles. The topological polar surface area (TPSA) is 30.7 Å². The van der Waals surface area contributed by atoms with Crippen LogP contribution in [0.2, 0.25) is 0 Å². The molecule has 35 heavy (non-hydrogen) atoms. The summed E-state index contributed by atoms with van der Waals surface area (Å²) in [5.41, 5.74) is 7.60. The maximum atomic E-state index is 4.98. The zero-order valence-electron chi connectivity index (χ0n) is 19.0. The summed E-state index contributed by atoms with van der Waals surface area (Å²) in [6.45, 7) is 0. The van der Waals surface area contributed by atoms with E-state index in [9.17, 15) is 0 Å². The Morgan fingerprint density at radius 3 is 2.11 bits per heavy atom. The molecule has 2 aromatic heterocycles. The predicted molar refractivity (Wildman–Crippen MR) is 145 cm³/mol. The lowest BCUT2D eigenvalue weighted by molar-refractivity contribution is 1.10. The fourth-order valence-electron chi connectivity index (χ4n) is 4.91. The molecule has 7 rings (SSSR count). The van der Waals surface area contributed by atoms with Crippen molar-refractivity contribution in [3.05, 3.63) is 128 Å². The van der Waals surface area contributed by atoms with Crippen LogP contribution >= 0.6 is 0 Å². The Kier molecular flexibility index (Phi) is 4.46. The maximum absolute atomic E-state index is 4.98. The number of benzene rings is 5. The first kappa shape index (κ1) is 19.7. The molecular formula is C32H21N3. The van der Waals surface area contributed by atoms with Gasteiger partial charge in [-0.05, 0) is 46.8 Å². The number of para-hydroxylation sites is 3. The number of pyridine rings is 1. The quantitative estimate of drug-likeness (QED) is 0.256. The summed E-state index contributed by atoms with van der Waals surface area (Å²) in [5, 5.41) is 3.58. The number of fused-ring (bicyclic) bond motifs is 4. The molecule has 5 aromatic carbocycles. The Balaban J connectivity index is 1.32. The molecule has 3 heteroatoms. The highest BCUT2D eigenvalue weighted by molar-refractivity contribution is 6.06. The van der Waals surface area contributed by atoms with Gasteiger partial charge in [0.2, 0.25) is 0 Å². The fraction of sp³-hybridized carbons (Fsp3) is 0. The predicted octanol–water partition coefficient (Wildman–Crippen LogP) is 8.06. The second-order valence-electron chi connectivity index (χ2n) is 8.75. The van der Waals surface area contributed by atoms with E-state index in [0.29, 0.717) is 0 Å². The van der Waals surface area contributed by atoms with Gasteiger partial charge in [-0.15, -0.1) is 0 Å². The molecule has 0 aliphatic rings. The van der Waals surface area contributed by atoms with Gasteiger partial charge in [-0.1, -0.05) is 91.0 Å². The van der Waals surface area contributed by atoms with Gasteiger partial charge < -0.3 is 0 Å². The Morgan fingerprint density at radius 1 is 0.514 bits per heavy atom. The molecule has 0 amide bonds. The number of hydrogen-bond acceptors (Lipinski definition) is 2. The van der Waals surface area contributed by atoms with Crippen molar-refractivity contribution >= 4 is 32.7 Å². The summed E-state index contributed by atoms with van der Waals surface area (Å²) in [6.07, 6.45) is 1.96. The van der Waals surface area contributed by atoms with Crippen molar-refractivity contribution in [2.24, 2.45) is 0 Å². The minimum atomic E-state index is 0.940. The smallest absolute Gasteiger partial charge is 0.145 e. The second kappa shape index (κ2) is 7.93. The van der Waals surface area contributed by atoms with E-state index in [1.807, 2.05) is 18.3 Å². The molecule has 0 spiro atoms. The molecule has 164 valence electrons. The molecule has 0 aliphatic heterocycles. The van der Waals surface area contributed by atoms with Crippen LogP contribution in [-0.2, 0) is 0 Å². The van der Waals surface area contributed by atoms with Crippen LogP contribution in [0.25, 0.3) is 60.9 Å². The standard InChI is InChI=1S/C32H21N3/c1-2-9-26(10-3-1)35-31-13-7-6-12-29(31)34-32(35)23-16-14-22(15-17-23)24-18-19-28-27-11-5-4-8-25(27)21-33-30(28)20-24/h1-21H. The SMILES string of the molecule is c1ccc(-n2c(-c3ccc(-c4ccc5c(c4)ncc4ccccc45)cc3)nc3ccccc32)cc1. The molecule has 0 atom stereocenters. The number of aromatic nitrogens is 3. The lowest BCUT2D eigenvalue weighted by atomic mass is 10.00. The maximum Gasteiger partial charge on any atom is 0.145 e. The van der Waals surface area contributed by atoms with Crippen LogP contribution in [0.3, 0.4) is 0 Å². The molecule has 2 heterocycles. The average molecular weight is 448 g/mol. The minimum absolute atomic E-state index is 0.940. The first-order chi connectivity index (χ1) is 17.3. The number of rotatable bonds is 3. The van der Waals surface area contributed by atoms with Crippen molar-refractivity contribution in [1.82, 2.24) is 14.5 Å². The van der Waals surface area contributed by atoms with E-state index in [1.165, 1.54) is 16.2 Å². The van der Waals surface area contributed by atoms with Gasteiger partial charge in [0.15, 0.2) is 0 Å². The highest BCUT2D eigenvalue weighted by Gasteiger charge is 2.14. The number of nitrogens with zero attached hydrogens (tertiary/aromatic N) is 3. The molecule has 0 N–H and O–H groups in total. The Labute approximate surface area is 203 Å². The van der Waals surface area contributed by atoms with E-state index >= 15 is 0 Å². The second-order valence-corrected chi connectivity index (χ2v) is 8.75. The molecule has 0 bridgehead atoms. The highest BCUT2D eigenvalue weighted by atomic mass is 15.1. The zero-order valence-corrected chi connectivity index (χ0v) is 19.0. The summed E-state index contributed by atoms with van der Waals surface area (Å²) >= 11 is 0. The lowest BCUT2D eigenvalue weighted by Crippen LogP contribution is -1.97. The summed E-state index contributed by atoms with van der Waals surface area (Å²) in [5.74, 6) is 0.940. The number of imidazole rings is 1. The third-order valence-electron chi connectivity index (χ3n) is 6.64. The first-order valence-corrected chi connectivity index (χ1v) is 11.8. The molecule has 0 saturated carbocycles. The van der Waals surface area contributed by atoms with Crippen LogP contribution in [0.15, 0.2) is 128 Å². The van der Waals surface area contributed by atoms with E-state index in [0.717, 1.165) is 44.8 Å². The normalized spacial score (nSPS) is 11.4. The van der Waals surface area contributed by atoms with Crippen LogP contribution in [0.1, 0.15) is 0 Å². The van der Waals surface area contributed by atoms with E-state index in [4.69, 9.17) is 9.97 Å². The Hall–Kier alpha value is -4.76. The summed E-state index contributed by atoms with van der Waals surface area (Å²) in [6, 6.07) is 42.3. The van der Waals surface area contributed by atoms with Gasteiger partial charge in [0, 0.05) is 28.2 Å². The largest absolute Gasteiger partial charge is 0.292 e.